The van der Waals surface area contributed by atoms with Gasteiger partial charge in [-0.2, -0.15) is 0 Å². The molecule has 1 aliphatic heterocycles. The SMILES string of the molecule is N[C@H]1CCc2ccc(Oc3ccc(N4CCCC4)cc3)cc2C1. The molecule has 1 heterocycles. The molecule has 0 unspecified atom stereocenters. The van der Waals surface area contributed by atoms with Gasteiger partial charge in [0, 0.05) is 24.8 Å². The minimum atomic E-state index is 0.289. The summed E-state index contributed by atoms with van der Waals surface area (Å²) in [4.78, 5) is 2.43. The summed E-state index contributed by atoms with van der Waals surface area (Å²) in [5.74, 6) is 1.81. The van der Waals surface area contributed by atoms with Crippen molar-refractivity contribution in [2.45, 2.75) is 38.1 Å². The second-order valence-electron chi connectivity index (χ2n) is 6.72. The van der Waals surface area contributed by atoms with Crippen LogP contribution < -0.4 is 15.4 Å². The predicted molar refractivity (Wildman–Crippen MR) is 94.4 cm³/mol. The van der Waals surface area contributed by atoms with Gasteiger partial charge in [-0.25, -0.2) is 0 Å². The highest BCUT2D eigenvalue weighted by Gasteiger charge is 2.16. The molecule has 2 aromatic rings. The van der Waals surface area contributed by atoms with E-state index in [0.29, 0.717) is 0 Å². The normalized spacial score (nSPS) is 20.4. The number of nitrogens with two attached hydrogens (primary N) is 1. The minimum absolute atomic E-state index is 0.289. The van der Waals surface area contributed by atoms with Gasteiger partial charge in [0.2, 0.25) is 0 Å². The van der Waals surface area contributed by atoms with Gasteiger partial charge in [0.15, 0.2) is 0 Å². The summed E-state index contributed by atoms with van der Waals surface area (Å²) in [6, 6.07) is 15.2. The summed E-state index contributed by atoms with van der Waals surface area (Å²) in [6.45, 7) is 2.34. The van der Waals surface area contributed by atoms with E-state index >= 15 is 0 Å². The Morgan fingerprint density at radius 1 is 0.913 bits per heavy atom. The van der Waals surface area contributed by atoms with Crippen molar-refractivity contribution in [1.29, 1.82) is 0 Å². The number of aryl methyl sites for hydroxylation is 1. The lowest BCUT2D eigenvalue weighted by Gasteiger charge is -2.22. The Morgan fingerprint density at radius 3 is 2.43 bits per heavy atom. The Hall–Kier alpha value is -2.00. The third-order valence-electron chi connectivity index (χ3n) is 4.99. The van der Waals surface area contributed by atoms with Crippen LogP contribution in [0.3, 0.4) is 0 Å². The van der Waals surface area contributed by atoms with Crippen LogP contribution in [0, 0.1) is 0 Å². The van der Waals surface area contributed by atoms with Gasteiger partial charge >= 0.3 is 0 Å². The van der Waals surface area contributed by atoms with Crippen LogP contribution in [0.25, 0.3) is 0 Å². The highest BCUT2D eigenvalue weighted by atomic mass is 16.5. The van der Waals surface area contributed by atoms with Gasteiger partial charge < -0.3 is 15.4 Å². The molecule has 1 saturated heterocycles. The van der Waals surface area contributed by atoms with E-state index < -0.39 is 0 Å². The average Bonchev–Trinajstić information content (AvgIpc) is 3.10. The van der Waals surface area contributed by atoms with E-state index in [9.17, 15) is 0 Å². The van der Waals surface area contributed by atoms with Crippen LogP contribution >= 0.6 is 0 Å². The molecule has 3 nitrogen and oxygen atoms in total. The monoisotopic (exact) mass is 308 g/mol. The molecule has 4 rings (SSSR count). The third-order valence-corrected chi connectivity index (χ3v) is 4.99. The van der Waals surface area contributed by atoms with Crippen LogP contribution in [0.1, 0.15) is 30.4 Å². The summed E-state index contributed by atoms with van der Waals surface area (Å²) in [5.41, 5.74) is 10.1. The predicted octanol–water partition coefficient (Wildman–Crippen LogP) is 3.90. The number of benzene rings is 2. The van der Waals surface area contributed by atoms with E-state index in [1.807, 2.05) is 0 Å². The van der Waals surface area contributed by atoms with Crippen LogP contribution in [0.5, 0.6) is 11.5 Å². The lowest BCUT2D eigenvalue weighted by molar-refractivity contribution is 0.479. The van der Waals surface area contributed by atoms with E-state index in [2.05, 4.69) is 47.4 Å². The van der Waals surface area contributed by atoms with E-state index in [1.54, 1.807) is 0 Å². The van der Waals surface area contributed by atoms with Gasteiger partial charge in [-0.1, -0.05) is 6.07 Å². The van der Waals surface area contributed by atoms with Gasteiger partial charge in [-0.15, -0.1) is 0 Å². The first kappa shape index (κ1) is 14.6. The highest BCUT2D eigenvalue weighted by Crippen LogP contribution is 2.29. The molecule has 2 aliphatic rings. The van der Waals surface area contributed by atoms with Crippen LogP contribution in [-0.2, 0) is 12.8 Å². The molecule has 23 heavy (non-hydrogen) atoms. The van der Waals surface area contributed by atoms with Crippen molar-refractivity contribution in [3.8, 4) is 11.5 Å². The topological polar surface area (TPSA) is 38.5 Å². The quantitative estimate of drug-likeness (QED) is 0.934. The van der Waals surface area contributed by atoms with Gasteiger partial charge in [-0.3, -0.25) is 0 Å². The number of nitrogens with zero attached hydrogens (tertiary/aromatic N) is 1. The van der Waals surface area contributed by atoms with Gasteiger partial charge in [0.25, 0.3) is 0 Å². The number of fused-ring (bicyclic) bond motifs is 1. The first-order valence-electron chi connectivity index (χ1n) is 8.68. The molecule has 1 aliphatic carbocycles. The van der Waals surface area contributed by atoms with Crippen molar-refractivity contribution >= 4 is 5.69 Å². The molecule has 0 amide bonds. The van der Waals surface area contributed by atoms with Crippen molar-refractivity contribution < 1.29 is 4.74 Å². The summed E-state index contributed by atoms with van der Waals surface area (Å²) in [7, 11) is 0. The molecular weight excluding hydrogens is 284 g/mol. The lowest BCUT2D eigenvalue weighted by Crippen LogP contribution is -2.27. The fourth-order valence-corrected chi connectivity index (χ4v) is 3.66. The first-order chi connectivity index (χ1) is 11.3. The molecule has 0 aromatic heterocycles. The van der Waals surface area contributed by atoms with Gasteiger partial charge in [0.05, 0.1) is 0 Å². The molecule has 1 atom stereocenters. The smallest absolute Gasteiger partial charge is 0.127 e. The standard InChI is InChI=1S/C20H24N2O/c21-17-5-3-15-4-8-20(14-16(15)13-17)23-19-9-6-18(7-10-19)22-11-1-2-12-22/h4,6-10,14,17H,1-3,5,11-13,21H2/t17-/m0/s1. The van der Waals surface area contributed by atoms with Crippen molar-refractivity contribution in [1.82, 2.24) is 0 Å². The molecule has 0 radical (unpaired) electrons. The molecule has 0 spiro atoms. The number of anilines is 1. The highest BCUT2D eigenvalue weighted by molar-refractivity contribution is 5.50. The fraction of sp³-hybridized carbons (Fsp3) is 0.400. The summed E-state index contributed by atoms with van der Waals surface area (Å²) < 4.78 is 6.04. The van der Waals surface area contributed by atoms with Gasteiger partial charge in [0.1, 0.15) is 11.5 Å². The summed E-state index contributed by atoms with van der Waals surface area (Å²) in [6.07, 6.45) is 5.73. The third kappa shape index (κ3) is 3.20. The minimum Gasteiger partial charge on any atom is -0.457 e. The van der Waals surface area contributed by atoms with Crippen LogP contribution in [-0.4, -0.2) is 19.1 Å². The fourth-order valence-electron chi connectivity index (χ4n) is 3.66. The van der Waals surface area contributed by atoms with E-state index in [0.717, 1.165) is 30.8 Å². The van der Waals surface area contributed by atoms with Crippen LogP contribution in [0.4, 0.5) is 5.69 Å². The average molecular weight is 308 g/mol. The van der Waals surface area contributed by atoms with E-state index in [-0.39, 0.29) is 6.04 Å². The lowest BCUT2D eigenvalue weighted by atomic mass is 9.89. The number of rotatable bonds is 3. The van der Waals surface area contributed by atoms with Crippen LogP contribution in [0.2, 0.25) is 0 Å². The molecule has 2 N–H and O–H groups in total. The molecular formula is C20H24N2O. The molecule has 1 fully saturated rings. The number of hydrogen-bond acceptors (Lipinski definition) is 3. The van der Waals surface area contributed by atoms with Crippen molar-refractivity contribution in [3.05, 3.63) is 53.6 Å². The van der Waals surface area contributed by atoms with E-state index in [1.165, 1.54) is 42.7 Å². The van der Waals surface area contributed by atoms with Gasteiger partial charge in [-0.05, 0) is 79.6 Å². The molecule has 0 saturated carbocycles. The molecule has 3 heteroatoms. The maximum absolute atomic E-state index is 6.08. The van der Waals surface area contributed by atoms with E-state index in [4.69, 9.17) is 10.5 Å². The Morgan fingerprint density at radius 2 is 1.65 bits per heavy atom. The second kappa shape index (κ2) is 6.25. The number of hydrogen-bond donors (Lipinski definition) is 1. The van der Waals surface area contributed by atoms with Crippen molar-refractivity contribution in [2.75, 3.05) is 18.0 Å². The first-order valence-corrected chi connectivity index (χ1v) is 8.68. The Labute approximate surface area is 138 Å². The Kier molecular flexibility index (Phi) is 3.96. The largest absolute Gasteiger partial charge is 0.457 e. The Balaban J connectivity index is 1.48. The maximum atomic E-state index is 6.08. The molecule has 0 bridgehead atoms. The van der Waals surface area contributed by atoms with Crippen molar-refractivity contribution in [2.24, 2.45) is 5.73 Å². The van der Waals surface area contributed by atoms with Crippen molar-refractivity contribution in [3.63, 3.8) is 0 Å². The zero-order chi connectivity index (χ0) is 15.6. The van der Waals surface area contributed by atoms with Crippen LogP contribution in [0.15, 0.2) is 42.5 Å². The zero-order valence-corrected chi connectivity index (χ0v) is 13.5. The molecule has 2 aromatic carbocycles. The number of ether oxygens (including phenoxy) is 1. The second-order valence-corrected chi connectivity index (χ2v) is 6.72. The summed E-state index contributed by atoms with van der Waals surface area (Å²) >= 11 is 0. The molecule has 120 valence electrons. The summed E-state index contributed by atoms with van der Waals surface area (Å²) in [5, 5.41) is 0. The zero-order valence-electron chi connectivity index (χ0n) is 13.5. The Bertz CT molecular complexity index is 675. The maximum Gasteiger partial charge on any atom is 0.127 e.